The summed E-state index contributed by atoms with van der Waals surface area (Å²) in [6, 6.07) is 9.55. The van der Waals surface area contributed by atoms with Crippen molar-refractivity contribution in [3.8, 4) is 34.3 Å². The van der Waals surface area contributed by atoms with Gasteiger partial charge in [-0.25, -0.2) is 28.7 Å². The number of methoxy groups -OCH3 is 2. The van der Waals surface area contributed by atoms with Gasteiger partial charge in [-0.1, -0.05) is 20.8 Å². The molecular formula is C40H49F2N9O4. The number of anilines is 2. The van der Waals surface area contributed by atoms with Crippen LogP contribution >= 0.6 is 0 Å². The Balaban J connectivity index is 0.000000234. The first-order chi connectivity index (χ1) is 26.5. The second kappa shape index (κ2) is 16.2. The van der Waals surface area contributed by atoms with Crippen LogP contribution in [0.5, 0.6) is 11.8 Å². The fourth-order valence-electron chi connectivity index (χ4n) is 6.39. The van der Waals surface area contributed by atoms with Gasteiger partial charge in [0.05, 0.1) is 72.0 Å². The van der Waals surface area contributed by atoms with Gasteiger partial charge < -0.3 is 29.2 Å². The Morgan fingerprint density at radius 2 is 1.31 bits per heavy atom. The van der Waals surface area contributed by atoms with Crippen LogP contribution in [0.15, 0.2) is 55.1 Å². The molecule has 4 atom stereocenters. The van der Waals surface area contributed by atoms with Crippen LogP contribution in [-0.2, 0) is 30.1 Å². The standard InChI is InChI=1S/C20H21FN4O2.C18H18FN5O2.C2H6.2H2/c1-4-11-5-6-22-20(27-3)18(11)15-7-12-8-17(23-10-16(12)25(15)2)24-19(26)13-9-14(13)21;1-9-20-7-12(18(22-9)26-3)14-4-10-5-16(21-8-15(10)24(14)2)23-17(25)11-6-13(11)19;1-2;;/h5-8,10,13-14H,4,9H2,1-3H3,(H,23,24,26);4-5,7-8,11,13H,6H2,1-3H3,(H,21,23,25);1-2H3;2*1H. The summed E-state index contributed by atoms with van der Waals surface area (Å²) < 4.78 is 40.9. The number of rotatable bonds is 9. The third-order valence-electron chi connectivity index (χ3n) is 9.64. The molecule has 2 N–H and O–H groups in total. The summed E-state index contributed by atoms with van der Waals surface area (Å²) in [6.45, 7) is 7.89. The maximum absolute atomic E-state index is 13.1. The minimum absolute atomic E-state index is 0. The second-order valence-electron chi connectivity index (χ2n) is 13.2. The Bertz CT molecular complexity index is 2370. The molecule has 13 nitrogen and oxygen atoms in total. The number of pyridine rings is 3. The number of nitrogens with zero attached hydrogens (tertiary/aromatic N) is 7. The molecule has 0 radical (unpaired) electrons. The summed E-state index contributed by atoms with van der Waals surface area (Å²) in [5.41, 5.74) is 6.49. The normalized spacial score (nSPS) is 18.1. The topological polar surface area (TPSA) is 151 Å². The molecule has 2 fully saturated rings. The van der Waals surface area contributed by atoms with E-state index in [1.165, 1.54) is 0 Å². The van der Waals surface area contributed by atoms with Gasteiger partial charge in [0.1, 0.15) is 29.8 Å². The first kappa shape index (κ1) is 38.7. The zero-order valence-electron chi connectivity index (χ0n) is 32.1. The van der Waals surface area contributed by atoms with Crippen LogP contribution in [-0.4, -0.2) is 72.4 Å². The summed E-state index contributed by atoms with van der Waals surface area (Å²) in [4.78, 5) is 45.4. The van der Waals surface area contributed by atoms with Crippen molar-refractivity contribution in [3.05, 3.63) is 66.5 Å². The molecule has 2 saturated carbocycles. The van der Waals surface area contributed by atoms with Crippen LogP contribution in [0.4, 0.5) is 20.4 Å². The number of amides is 2. The summed E-state index contributed by atoms with van der Waals surface area (Å²) in [5, 5.41) is 7.20. The van der Waals surface area contributed by atoms with Gasteiger partial charge in [-0.3, -0.25) is 9.59 Å². The molecule has 8 rings (SSSR count). The number of carbonyl (C=O) groups is 2. The van der Waals surface area contributed by atoms with Gasteiger partial charge >= 0.3 is 0 Å². The summed E-state index contributed by atoms with van der Waals surface area (Å²) in [6.07, 6.45) is 6.23. The van der Waals surface area contributed by atoms with Crippen LogP contribution in [0.2, 0.25) is 0 Å². The first-order valence-electron chi connectivity index (χ1n) is 18.2. The maximum atomic E-state index is 13.1. The van der Waals surface area contributed by atoms with Gasteiger partial charge in [0.25, 0.3) is 0 Å². The number of hydrogen-bond donors (Lipinski definition) is 2. The van der Waals surface area contributed by atoms with Gasteiger partial charge in [0.2, 0.25) is 23.6 Å². The zero-order valence-corrected chi connectivity index (χ0v) is 32.1. The number of aryl methyl sites for hydroxylation is 4. The van der Waals surface area contributed by atoms with E-state index < -0.39 is 24.2 Å². The molecule has 55 heavy (non-hydrogen) atoms. The highest BCUT2D eigenvalue weighted by Crippen LogP contribution is 2.38. The highest BCUT2D eigenvalue weighted by Gasteiger charge is 2.44. The van der Waals surface area contributed by atoms with Gasteiger partial charge in [-0.2, -0.15) is 4.98 Å². The fraction of sp³-hybridized carbons (Fsp3) is 0.375. The molecule has 292 valence electrons. The molecule has 6 heterocycles. The first-order valence-corrected chi connectivity index (χ1v) is 18.2. The van der Waals surface area contributed by atoms with Gasteiger partial charge in [-0.15, -0.1) is 0 Å². The lowest BCUT2D eigenvalue weighted by Crippen LogP contribution is -2.15. The summed E-state index contributed by atoms with van der Waals surface area (Å²) >= 11 is 0. The maximum Gasteiger partial charge on any atom is 0.231 e. The molecule has 0 aliphatic heterocycles. The molecule has 6 aromatic rings. The number of halogens is 2. The lowest BCUT2D eigenvalue weighted by Gasteiger charge is -2.13. The minimum atomic E-state index is -1.03. The Labute approximate surface area is 320 Å². The average molecular weight is 758 g/mol. The van der Waals surface area contributed by atoms with Crippen LogP contribution in [0.25, 0.3) is 44.3 Å². The van der Waals surface area contributed by atoms with Crippen LogP contribution in [0.1, 0.15) is 47.9 Å². The monoisotopic (exact) mass is 757 g/mol. The Morgan fingerprint density at radius 3 is 1.80 bits per heavy atom. The molecule has 2 aliphatic carbocycles. The molecule has 4 unspecified atom stereocenters. The molecule has 0 aromatic carbocycles. The van der Waals surface area contributed by atoms with Crippen LogP contribution in [0, 0.1) is 18.8 Å². The summed E-state index contributed by atoms with van der Waals surface area (Å²) in [7, 11) is 7.05. The van der Waals surface area contributed by atoms with Crippen molar-refractivity contribution in [2.75, 3.05) is 24.9 Å². The summed E-state index contributed by atoms with van der Waals surface area (Å²) in [5.74, 6) is 0.804. The van der Waals surface area contributed by atoms with Crippen molar-refractivity contribution in [2.24, 2.45) is 25.9 Å². The van der Waals surface area contributed by atoms with Crippen molar-refractivity contribution in [1.29, 1.82) is 0 Å². The highest BCUT2D eigenvalue weighted by atomic mass is 19.1. The average Bonchev–Trinajstić information content (AvgIpc) is 4.07. The predicted octanol–water partition coefficient (Wildman–Crippen LogP) is 7.66. The SMILES string of the molecule is CC.CCc1ccnc(OC)c1-c1cc2cc(NC(=O)C3CC3F)ncc2n1C.COc1nc(C)ncc1-c1cc2cc(NC(=O)C3CC3F)ncc2n1C.[HH].[HH]. The zero-order chi connectivity index (χ0) is 39.6. The van der Waals surface area contributed by atoms with E-state index in [2.05, 4.69) is 42.5 Å². The molecule has 6 aromatic heterocycles. The van der Waals surface area contributed by atoms with E-state index >= 15 is 0 Å². The van der Waals surface area contributed by atoms with Gasteiger partial charge in [0, 0.05) is 40.1 Å². The highest BCUT2D eigenvalue weighted by molar-refractivity contribution is 5.98. The third-order valence-corrected chi connectivity index (χ3v) is 9.64. The van der Waals surface area contributed by atoms with Crippen molar-refractivity contribution in [2.45, 2.75) is 59.3 Å². The predicted molar refractivity (Wildman–Crippen MR) is 212 cm³/mol. The number of ether oxygens (including phenoxy) is 2. The van der Waals surface area contributed by atoms with E-state index in [9.17, 15) is 18.4 Å². The number of aromatic nitrogens is 7. The molecule has 2 aliphatic rings. The minimum Gasteiger partial charge on any atom is -0.480 e. The van der Waals surface area contributed by atoms with E-state index in [1.807, 2.05) is 55.3 Å². The lowest BCUT2D eigenvalue weighted by atomic mass is 10.0. The molecule has 0 saturated heterocycles. The van der Waals surface area contributed by atoms with E-state index in [0.717, 1.165) is 56.3 Å². The molecule has 0 bridgehead atoms. The van der Waals surface area contributed by atoms with Crippen LogP contribution in [0.3, 0.4) is 0 Å². The van der Waals surface area contributed by atoms with Crippen molar-refractivity contribution in [3.63, 3.8) is 0 Å². The van der Waals surface area contributed by atoms with E-state index in [-0.39, 0.29) is 21.1 Å². The van der Waals surface area contributed by atoms with E-state index in [4.69, 9.17) is 9.47 Å². The number of fused-ring (bicyclic) bond motifs is 2. The van der Waals surface area contributed by atoms with Gasteiger partial charge in [0.15, 0.2) is 0 Å². The van der Waals surface area contributed by atoms with E-state index in [1.54, 1.807) is 58.1 Å². The lowest BCUT2D eigenvalue weighted by molar-refractivity contribution is -0.118. The Kier molecular flexibility index (Phi) is 11.4. The smallest absolute Gasteiger partial charge is 0.231 e. The van der Waals surface area contributed by atoms with E-state index in [0.29, 0.717) is 35.6 Å². The number of nitrogens with one attached hydrogen (secondary N) is 2. The molecule has 15 heteroatoms. The Hall–Kier alpha value is -5.99. The third kappa shape index (κ3) is 7.96. The number of carbonyl (C=O) groups excluding carboxylic acids is 2. The molecule has 0 spiro atoms. The van der Waals surface area contributed by atoms with Crippen molar-refractivity contribution < 1.29 is 30.7 Å². The van der Waals surface area contributed by atoms with Gasteiger partial charge in [-0.05, 0) is 62.1 Å². The van der Waals surface area contributed by atoms with Crippen molar-refractivity contribution >= 4 is 45.3 Å². The second-order valence-corrected chi connectivity index (χ2v) is 13.2. The quantitative estimate of drug-likeness (QED) is 0.151. The largest absolute Gasteiger partial charge is 0.480 e. The number of hydrogen-bond acceptors (Lipinski definition) is 9. The fourth-order valence-corrected chi connectivity index (χ4v) is 6.39. The number of alkyl halides is 2. The molecule has 2 amide bonds. The van der Waals surface area contributed by atoms with Crippen molar-refractivity contribution in [1.82, 2.24) is 34.1 Å². The molecular weight excluding hydrogens is 708 g/mol. The Morgan fingerprint density at radius 1 is 0.800 bits per heavy atom. The van der Waals surface area contributed by atoms with Crippen LogP contribution < -0.4 is 20.1 Å².